The standard InChI is InChI=1S/C13H23F3N2.ClH/c1-12(5-6-17-8-12)9-18(10-13(14,15)16)7-11-3-2-4-11;/h11,17H,2-10H2,1H3;1H. The predicted molar refractivity (Wildman–Crippen MR) is 72.7 cm³/mol. The van der Waals surface area contributed by atoms with Gasteiger partial charge in [0.15, 0.2) is 0 Å². The number of hydrogen-bond donors (Lipinski definition) is 1. The molecule has 1 aliphatic heterocycles. The summed E-state index contributed by atoms with van der Waals surface area (Å²) in [6.07, 6.45) is 0.286. The Labute approximate surface area is 119 Å². The van der Waals surface area contributed by atoms with Gasteiger partial charge >= 0.3 is 6.18 Å². The van der Waals surface area contributed by atoms with Gasteiger partial charge in [-0.15, -0.1) is 12.4 Å². The maximum atomic E-state index is 12.6. The first-order valence-electron chi connectivity index (χ1n) is 6.86. The van der Waals surface area contributed by atoms with Crippen LogP contribution in [0.2, 0.25) is 0 Å². The SMILES string of the molecule is CC1(CN(CC2CCC2)CC(F)(F)F)CCNC1.Cl. The van der Waals surface area contributed by atoms with E-state index in [1.165, 1.54) is 6.42 Å². The Morgan fingerprint density at radius 1 is 1.32 bits per heavy atom. The van der Waals surface area contributed by atoms with Gasteiger partial charge in [0, 0.05) is 19.6 Å². The molecule has 0 aromatic carbocycles. The molecule has 2 nitrogen and oxygen atoms in total. The summed E-state index contributed by atoms with van der Waals surface area (Å²) in [7, 11) is 0. The lowest BCUT2D eigenvalue weighted by Gasteiger charge is -2.37. The topological polar surface area (TPSA) is 15.3 Å². The third-order valence-electron chi connectivity index (χ3n) is 4.21. The number of nitrogens with one attached hydrogen (secondary N) is 1. The molecule has 2 rings (SSSR count). The van der Waals surface area contributed by atoms with E-state index < -0.39 is 12.7 Å². The molecule has 1 saturated heterocycles. The Bertz CT molecular complexity index is 274. The highest BCUT2D eigenvalue weighted by atomic mass is 35.5. The van der Waals surface area contributed by atoms with Crippen LogP contribution in [0.4, 0.5) is 13.2 Å². The minimum atomic E-state index is -4.08. The van der Waals surface area contributed by atoms with Crippen LogP contribution in [0.15, 0.2) is 0 Å². The van der Waals surface area contributed by atoms with Gasteiger partial charge in [0.05, 0.1) is 6.54 Å². The summed E-state index contributed by atoms with van der Waals surface area (Å²) < 4.78 is 37.9. The molecular formula is C13H24ClF3N2. The van der Waals surface area contributed by atoms with Gasteiger partial charge < -0.3 is 5.32 Å². The Morgan fingerprint density at radius 3 is 2.42 bits per heavy atom. The van der Waals surface area contributed by atoms with Crippen molar-refractivity contribution < 1.29 is 13.2 Å². The second kappa shape index (κ2) is 6.64. The zero-order valence-corrected chi connectivity index (χ0v) is 12.2. The molecule has 1 atom stereocenters. The number of halogens is 4. The van der Waals surface area contributed by atoms with Crippen molar-refractivity contribution in [3.63, 3.8) is 0 Å². The molecule has 6 heteroatoms. The van der Waals surface area contributed by atoms with E-state index in [0.717, 1.165) is 32.4 Å². The summed E-state index contributed by atoms with van der Waals surface area (Å²) in [4.78, 5) is 1.64. The van der Waals surface area contributed by atoms with Crippen LogP contribution in [-0.4, -0.2) is 43.8 Å². The quantitative estimate of drug-likeness (QED) is 0.839. The van der Waals surface area contributed by atoms with Gasteiger partial charge in [-0.3, -0.25) is 4.90 Å². The van der Waals surface area contributed by atoms with Crippen molar-refractivity contribution in [2.45, 2.75) is 38.8 Å². The van der Waals surface area contributed by atoms with E-state index in [0.29, 0.717) is 19.0 Å². The zero-order chi connectivity index (χ0) is 13.2. The number of hydrogen-bond acceptors (Lipinski definition) is 2. The largest absolute Gasteiger partial charge is 0.401 e. The van der Waals surface area contributed by atoms with Gasteiger partial charge in [0.1, 0.15) is 0 Å². The fourth-order valence-electron chi connectivity index (χ4n) is 3.02. The predicted octanol–water partition coefficient (Wildman–Crippen LogP) is 3.07. The first-order valence-corrected chi connectivity index (χ1v) is 6.86. The average molecular weight is 301 g/mol. The molecule has 0 spiro atoms. The molecule has 0 bridgehead atoms. The van der Waals surface area contributed by atoms with Crippen LogP contribution < -0.4 is 5.32 Å². The fraction of sp³-hybridized carbons (Fsp3) is 1.00. The van der Waals surface area contributed by atoms with Crippen molar-refractivity contribution in [3.8, 4) is 0 Å². The second-order valence-electron chi connectivity index (χ2n) is 6.32. The van der Waals surface area contributed by atoms with Gasteiger partial charge in [-0.2, -0.15) is 13.2 Å². The molecule has 1 aliphatic carbocycles. The zero-order valence-electron chi connectivity index (χ0n) is 11.4. The molecule has 0 amide bonds. The van der Waals surface area contributed by atoms with Gasteiger partial charge in [-0.25, -0.2) is 0 Å². The Balaban J connectivity index is 0.00000180. The highest BCUT2D eigenvalue weighted by Crippen LogP contribution is 2.32. The van der Waals surface area contributed by atoms with E-state index in [-0.39, 0.29) is 17.8 Å². The van der Waals surface area contributed by atoms with Crippen molar-refractivity contribution >= 4 is 12.4 Å². The monoisotopic (exact) mass is 300 g/mol. The van der Waals surface area contributed by atoms with Gasteiger partial charge in [-0.1, -0.05) is 13.3 Å². The van der Waals surface area contributed by atoms with E-state index in [4.69, 9.17) is 0 Å². The van der Waals surface area contributed by atoms with E-state index in [9.17, 15) is 13.2 Å². The van der Waals surface area contributed by atoms with Gasteiger partial charge in [-0.05, 0) is 37.1 Å². The molecule has 1 heterocycles. The molecular weight excluding hydrogens is 277 g/mol. The van der Waals surface area contributed by atoms with E-state index in [1.54, 1.807) is 4.90 Å². The summed E-state index contributed by atoms with van der Waals surface area (Å²) in [5, 5.41) is 3.25. The molecule has 1 N–H and O–H groups in total. The van der Waals surface area contributed by atoms with Crippen LogP contribution in [0.1, 0.15) is 32.6 Å². The number of nitrogens with zero attached hydrogens (tertiary/aromatic N) is 1. The van der Waals surface area contributed by atoms with Crippen molar-refractivity contribution in [2.24, 2.45) is 11.3 Å². The smallest absolute Gasteiger partial charge is 0.316 e. The van der Waals surface area contributed by atoms with E-state index in [1.807, 2.05) is 0 Å². The molecule has 1 saturated carbocycles. The lowest BCUT2D eigenvalue weighted by atomic mass is 9.83. The molecule has 0 radical (unpaired) electrons. The highest BCUT2D eigenvalue weighted by molar-refractivity contribution is 5.85. The summed E-state index contributed by atoms with van der Waals surface area (Å²) in [5.74, 6) is 0.491. The van der Waals surface area contributed by atoms with Crippen LogP contribution in [0.3, 0.4) is 0 Å². The summed E-state index contributed by atoms with van der Waals surface area (Å²) >= 11 is 0. The van der Waals surface area contributed by atoms with Crippen molar-refractivity contribution in [3.05, 3.63) is 0 Å². The number of alkyl halides is 3. The van der Waals surface area contributed by atoms with Crippen LogP contribution in [0, 0.1) is 11.3 Å². The highest BCUT2D eigenvalue weighted by Gasteiger charge is 2.37. The molecule has 0 aromatic heterocycles. The molecule has 19 heavy (non-hydrogen) atoms. The normalized spacial score (nSPS) is 28.3. The van der Waals surface area contributed by atoms with Crippen LogP contribution in [0.5, 0.6) is 0 Å². The lowest BCUT2D eigenvalue weighted by Crippen LogP contribution is -2.45. The number of rotatable bonds is 5. The van der Waals surface area contributed by atoms with E-state index in [2.05, 4.69) is 12.2 Å². The average Bonchev–Trinajstić information content (AvgIpc) is 2.56. The minimum absolute atomic E-state index is 0. The summed E-state index contributed by atoms with van der Waals surface area (Å²) in [6, 6.07) is 0. The molecule has 1 unspecified atom stereocenters. The molecule has 114 valence electrons. The van der Waals surface area contributed by atoms with Crippen molar-refractivity contribution in [1.29, 1.82) is 0 Å². The maximum Gasteiger partial charge on any atom is 0.401 e. The summed E-state index contributed by atoms with van der Waals surface area (Å²) in [5.41, 5.74) is 0.00893. The van der Waals surface area contributed by atoms with Crippen LogP contribution >= 0.6 is 12.4 Å². The minimum Gasteiger partial charge on any atom is -0.316 e. The molecule has 0 aromatic rings. The van der Waals surface area contributed by atoms with Crippen LogP contribution in [0.25, 0.3) is 0 Å². The van der Waals surface area contributed by atoms with Crippen molar-refractivity contribution in [2.75, 3.05) is 32.7 Å². The van der Waals surface area contributed by atoms with Crippen LogP contribution in [-0.2, 0) is 0 Å². The molecule has 2 fully saturated rings. The second-order valence-corrected chi connectivity index (χ2v) is 6.32. The van der Waals surface area contributed by atoms with Gasteiger partial charge in [0.2, 0.25) is 0 Å². The Morgan fingerprint density at radius 2 is 2.00 bits per heavy atom. The lowest BCUT2D eigenvalue weighted by molar-refractivity contribution is -0.150. The molecule has 2 aliphatic rings. The van der Waals surface area contributed by atoms with Gasteiger partial charge in [0.25, 0.3) is 0 Å². The summed E-state index contributed by atoms with van der Waals surface area (Å²) in [6.45, 7) is 4.30. The fourth-order valence-corrected chi connectivity index (χ4v) is 3.02. The maximum absolute atomic E-state index is 12.6. The third-order valence-corrected chi connectivity index (χ3v) is 4.21. The first kappa shape index (κ1) is 17.1. The third kappa shape index (κ3) is 5.48. The Kier molecular flexibility index (Phi) is 5.96. The van der Waals surface area contributed by atoms with Crippen molar-refractivity contribution in [1.82, 2.24) is 10.2 Å². The Hall–Kier alpha value is 0. The first-order chi connectivity index (χ1) is 8.36. The van der Waals surface area contributed by atoms with E-state index >= 15 is 0 Å².